The van der Waals surface area contributed by atoms with Gasteiger partial charge in [0.25, 0.3) is 0 Å². The minimum absolute atomic E-state index is 0.0474. The number of aromatic hydroxyl groups is 1. The van der Waals surface area contributed by atoms with Crippen LogP contribution in [0.4, 0.5) is 4.79 Å². The maximum absolute atomic E-state index is 14.0. The van der Waals surface area contributed by atoms with Crippen molar-refractivity contribution in [3.63, 3.8) is 0 Å². The number of nitrogens with one attached hydrogen (secondary N) is 2. The maximum atomic E-state index is 14.0. The van der Waals surface area contributed by atoms with E-state index in [4.69, 9.17) is 4.74 Å². The average Bonchev–Trinajstić information content (AvgIpc) is 2.85. The van der Waals surface area contributed by atoms with Crippen LogP contribution in [0, 0.1) is 12.8 Å². The van der Waals surface area contributed by atoms with Crippen LogP contribution in [0.3, 0.4) is 0 Å². The van der Waals surface area contributed by atoms with Gasteiger partial charge in [0.05, 0.1) is 0 Å². The van der Waals surface area contributed by atoms with E-state index in [1.54, 1.807) is 52.8 Å². The molecule has 0 saturated carbocycles. The number of amides is 3. The van der Waals surface area contributed by atoms with Crippen LogP contribution in [0.1, 0.15) is 70.7 Å². The Kier molecular flexibility index (Phi) is 10.5. The lowest BCUT2D eigenvalue weighted by atomic mass is 9.95. The van der Waals surface area contributed by atoms with Crippen molar-refractivity contribution in [1.29, 1.82) is 0 Å². The summed E-state index contributed by atoms with van der Waals surface area (Å²) in [5, 5.41) is 16.5. The van der Waals surface area contributed by atoms with E-state index < -0.39 is 35.6 Å². The fourth-order valence-corrected chi connectivity index (χ4v) is 4.00. The Morgan fingerprint density at radius 3 is 2.24 bits per heavy atom. The molecule has 0 heterocycles. The number of ether oxygens (including phenoxy) is 1. The Balaban J connectivity index is 2.45. The second-order valence-corrected chi connectivity index (χ2v) is 10.3. The Bertz CT molecular complexity index is 1060. The molecular weight excluding hydrogens is 470 g/mol. The number of likely N-dealkylation sites (N-methyl/N-ethyl adjacent to an activating group) is 1. The van der Waals surface area contributed by atoms with Gasteiger partial charge in [0.2, 0.25) is 11.8 Å². The third-order valence-electron chi connectivity index (χ3n) is 6.21. The lowest BCUT2D eigenvalue weighted by molar-refractivity contribution is -0.143. The molecule has 2 aromatic carbocycles. The number of carbonyl (C=O) groups is 3. The first-order valence-corrected chi connectivity index (χ1v) is 12.8. The standard InChI is InChI=1S/C29H41N3O5/c1-8-19(3)23(31-28(36)37-29(5,6)7)27(35)32(9-2)24(22-17-13-14-20(4)25(22)33)26(34)30-18-21-15-11-10-12-16-21/h10-17,19,23-24,33H,8-9,18H2,1-7H3,(H,30,34)(H,31,36). The molecule has 2 rings (SSSR count). The third-order valence-corrected chi connectivity index (χ3v) is 6.21. The Labute approximate surface area is 220 Å². The third kappa shape index (κ3) is 8.23. The van der Waals surface area contributed by atoms with Gasteiger partial charge in [-0.25, -0.2) is 4.79 Å². The molecule has 3 amide bonds. The first kappa shape index (κ1) is 29.7. The van der Waals surface area contributed by atoms with Crippen molar-refractivity contribution >= 4 is 17.9 Å². The summed E-state index contributed by atoms with van der Waals surface area (Å²) in [7, 11) is 0. The first-order valence-electron chi connectivity index (χ1n) is 12.8. The highest BCUT2D eigenvalue weighted by atomic mass is 16.6. The average molecular weight is 512 g/mol. The topological polar surface area (TPSA) is 108 Å². The monoisotopic (exact) mass is 511 g/mol. The van der Waals surface area contributed by atoms with E-state index in [0.717, 1.165) is 5.56 Å². The van der Waals surface area contributed by atoms with E-state index >= 15 is 0 Å². The molecule has 0 fully saturated rings. The fraction of sp³-hybridized carbons (Fsp3) is 0.483. The molecule has 37 heavy (non-hydrogen) atoms. The number of hydrogen-bond donors (Lipinski definition) is 3. The van der Waals surface area contributed by atoms with Crippen LogP contribution in [0.2, 0.25) is 0 Å². The van der Waals surface area contributed by atoms with Crippen molar-refractivity contribution in [3.05, 3.63) is 65.2 Å². The van der Waals surface area contributed by atoms with E-state index in [1.165, 1.54) is 4.90 Å². The number of rotatable bonds is 10. The highest BCUT2D eigenvalue weighted by Gasteiger charge is 2.38. The zero-order valence-electron chi connectivity index (χ0n) is 23.0. The van der Waals surface area contributed by atoms with Gasteiger partial charge in [-0.15, -0.1) is 0 Å². The van der Waals surface area contributed by atoms with Gasteiger partial charge in [0, 0.05) is 18.7 Å². The summed E-state index contributed by atoms with van der Waals surface area (Å²) >= 11 is 0. The van der Waals surface area contributed by atoms with Gasteiger partial charge in [0.1, 0.15) is 23.4 Å². The molecule has 8 nitrogen and oxygen atoms in total. The van der Waals surface area contributed by atoms with Gasteiger partial charge >= 0.3 is 6.09 Å². The van der Waals surface area contributed by atoms with Crippen molar-refractivity contribution in [1.82, 2.24) is 15.5 Å². The molecule has 2 aromatic rings. The number of phenols is 1. The largest absolute Gasteiger partial charge is 0.507 e. The molecule has 3 atom stereocenters. The van der Waals surface area contributed by atoms with Crippen LogP contribution in [0.15, 0.2) is 48.5 Å². The summed E-state index contributed by atoms with van der Waals surface area (Å²) in [5.41, 5.74) is 1.08. The number of hydrogen-bond acceptors (Lipinski definition) is 5. The lowest BCUT2D eigenvalue weighted by Crippen LogP contribution is -2.55. The van der Waals surface area contributed by atoms with Crippen molar-refractivity contribution < 1.29 is 24.2 Å². The second-order valence-electron chi connectivity index (χ2n) is 10.3. The molecule has 202 valence electrons. The molecule has 0 aromatic heterocycles. The van der Waals surface area contributed by atoms with E-state index in [9.17, 15) is 19.5 Å². The van der Waals surface area contributed by atoms with Crippen LogP contribution in [0.5, 0.6) is 5.75 Å². The number of aryl methyl sites for hydroxylation is 1. The van der Waals surface area contributed by atoms with E-state index in [2.05, 4.69) is 10.6 Å². The number of carbonyl (C=O) groups excluding carboxylic acids is 3. The Hall–Kier alpha value is -3.55. The molecule has 0 radical (unpaired) electrons. The summed E-state index contributed by atoms with van der Waals surface area (Å²) < 4.78 is 5.40. The van der Waals surface area contributed by atoms with Gasteiger partial charge < -0.3 is 25.4 Å². The summed E-state index contributed by atoms with van der Waals surface area (Å²) in [6, 6.07) is 12.5. The zero-order chi connectivity index (χ0) is 27.8. The molecule has 0 aliphatic carbocycles. The van der Waals surface area contributed by atoms with Crippen molar-refractivity contribution in [2.45, 2.75) is 79.1 Å². The molecule has 0 spiro atoms. The Morgan fingerprint density at radius 2 is 1.68 bits per heavy atom. The first-order chi connectivity index (χ1) is 17.4. The van der Waals surface area contributed by atoms with Crippen molar-refractivity contribution in [2.75, 3.05) is 6.54 Å². The predicted octanol–water partition coefficient (Wildman–Crippen LogP) is 4.85. The minimum atomic E-state index is -1.10. The second kappa shape index (κ2) is 13.1. The SMILES string of the molecule is CCC(C)C(NC(=O)OC(C)(C)C)C(=O)N(CC)C(C(=O)NCc1ccccc1)c1cccc(C)c1O. The summed E-state index contributed by atoms with van der Waals surface area (Å²) in [5.74, 6) is -1.13. The smallest absolute Gasteiger partial charge is 0.408 e. The molecule has 0 aliphatic heterocycles. The molecule has 0 bridgehead atoms. The molecule has 3 N–H and O–H groups in total. The summed E-state index contributed by atoms with van der Waals surface area (Å²) in [6.07, 6.45) is -0.0877. The number of phenolic OH excluding ortho intramolecular Hbond substituents is 1. The maximum Gasteiger partial charge on any atom is 0.408 e. The van der Waals surface area contributed by atoms with Crippen LogP contribution in [-0.2, 0) is 20.9 Å². The van der Waals surface area contributed by atoms with Gasteiger partial charge in [-0.05, 0) is 51.7 Å². The summed E-state index contributed by atoms with van der Waals surface area (Å²) in [4.78, 5) is 41.6. The van der Waals surface area contributed by atoms with Gasteiger partial charge in [-0.1, -0.05) is 68.8 Å². The molecule has 0 saturated heterocycles. The lowest BCUT2D eigenvalue weighted by Gasteiger charge is -2.35. The van der Waals surface area contributed by atoms with Crippen molar-refractivity contribution in [3.8, 4) is 5.75 Å². The number of para-hydroxylation sites is 1. The van der Waals surface area contributed by atoms with E-state index in [1.807, 2.05) is 44.2 Å². The highest BCUT2D eigenvalue weighted by Crippen LogP contribution is 2.32. The van der Waals surface area contributed by atoms with Crippen molar-refractivity contribution in [2.24, 2.45) is 5.92 Å². The van der Waals surface area contributed by atoms with E-state index in [-0.39, 0.29) is 24.8 Å². The van der Waals surface area contributed by atoms with Crippen LogP contribution in [0.25, 0.3) is 0 Å². The molecule has 8 heteroatoms. The fourth-order valence-electron chi connectivity index (χ4n) is 4.00. The Morgan fingerprint density at radius 1 is 1.03 bits per heavy atom. The number of benzene rings is 2. The van der Waals surface area contributed by atoms with E-state index in [0.29, 0.717) is 17.5 Å². The number of nitrogens with zero attached hydrogens (tertiary/aromatic N) is 1. The van der Waals surface area contributed by atoms with Crippen LogP contribution < -0.4 is 10.6 Å². The minimum Gasteiger partial charge on any atom is -0.507 e. The number of alkyl carbamates (subject to hydrolysis) is 1. The quantitative estimate of drug-likeness (QED) is 0.423. The van der Waals surface area contributed by atoms with Gasteiger partial charge in [0.15, 0.2) is 0 Å². The zero-order valence-corrected chi connectivity index (χ0v) is 23.0. The van der Waals surface area contributed by atoms with Gasteiger partial charge in [-0.3, -0.25) is 9.59 Å². The van der Waals surface area contributed by atoms with Crippen LogP contribution in [-0.4, -0.2) is 46.1 Å². The highest BCUT2D eigenvalue weighted by molar-refractivity contribution is 5.92. The normalized spacial score (nSPS) is 13.7. The molecule has 0 aliphatic rings. The van der Waals surface area contributed by atoms with Gasteiger partial charge in [-0.2, -0.15) is 0 Å². The van der Waals surface area contributed by atoms with Crippen LogP contribution >= 0.6 is 0 Å². The predicted molar refractivity (Wildman–Crippen MR) is 144 cm³/mol. The summed E-state index contributed by atoms with van der Waals surface area (Å²) in [6.45, 7) is 13.0. The molecule has 3 unspecified atom stereocenters. The molecular formula is C29H41N3O5.